The van der Waals surface area contributed by atoms with Crippen LogP contribution in [0.15, 0.2) is 40.8 Å². The SMILES string of the molecule is CCNC(c1cccc(Cl)c1)c1ccc(C(=O)OC)o1. The maximum Gasteiger partial charge on any atom is 0.373 e. The van der Waals surface area contributed by atoms with Gasteiger partial charge in [-0.05, 0) is 36.4 Å². The number of hydrogen-bond donors (Lipinski definition) is 1. The summed E-state index contributed by atoms with van der Waals surface area (Å²) < 4.78 is 10.2. The number of esters is 1. The molecule has 0 saturated heterocycles. The fourth-order valence-corrected chi connectivity index (χ4v) is 2.19. The van der Waals surface area contributed by atoms with Crippen molar-refractivity contribution >= 4 is 17.6 Å². The van der Waals surface area contributed by atoms with E-state index in [1.807, 2.05) is 31.2 Å². The maximum absolute atomic E-state index is 11.4. The van der Waals surface area contributed by atoms with Crippen LogP contribution in [-0.4, -0.2) is 19.6 Å². The van der Waals surface area contributed by atoms with Crippen LogP contribution in [0.2, 0.25) is 5.02 Å². The van der Waals surface area contributed by atoms with Gasteiger partial charge < -0.3 is 14.5 Å². The van der Waals surface area contributed by atoms with E-state index in [-0.39, 0.29) is 11.8 Å². The molecule has 1 aromatic carbocycles. The van der Waals surface area contributed by atoms with Crippen molar-refractivity contribution in [2.45, 2.75) is 13.0 Å². The van der Waals surface area contributed by atoms with E-state index in [0.717, 1.165) is 12.1 Å². The molecule has 1 atom stereocenters. The maximum atomic E-state index is 11.4. The molecule has 4 nitrogen and oxygen atoms in total. The fourth-order valence-electron chi connectivity index (χ4n) is 1.99. The lowest BCUT2D eigenvalue weighted by Gasteiger charge is -2.16. The van der Waals surface area contributed by atoms with Crippen LogP contribution in [0.3, 0.4) is 0 Å². The van der Waals surface area contributed by atoms with Crippen LogP contribution in [0.4, 0.5) is 0 Å². The summed E-state index contributed by atoms with van der Waals surface area (Å²) >= 11 is 6.02. The molecule has 1 N–H and O–H groups in total. The van der Waals surface area contributed by atoms with Crippen molar-refractivity contribution in [2.24, 2.45) is 0 Å². The zero-order chi connectivity index (χ0) is 14.5. The molecule has 1 aromatic heterocycles. The number of carbonyl (C=O) groups is 1. The second kappa shape index (κ2) is 6.59. The molecule has 0 fully saturated rings. The first-order valence-corrected chi connectivity index (χ1v) is 6.70. The van der Waals surface area contributed by atoms with Gasteiger partial charge in [0.2, 0.25) is 5.76 Å². The summed E-state index contributed by atoms with van der Waals surface area (Å²) in [6.45, 7) is 2.76. The molecule has 2 aromatic rings. The Hall–Kier alpha value is -1.78. The lowest BCUT2D eigenvalue weighted by Crippen LogP contribution is -2.21. The topological polar surface area (TPSA) is 51.5 Å². The van der Waals surface area contributed by atoms with Gasteiger partial charge in [-0.25, -0.2) is 4.79 Å². The summed E-state index contributed by atoms with van der Waals surface area (Å²) in [4.78, 5) is 11.4. The Labute approximate surface area is 122 Å². The Balaban J connectivity index is 2.33. The van der Waals surface area contributed by atoms with Crippen molar-refractivity contribution in [3.63, 3.8) is 0 Å². The van der Waals surface area contributed by atoms with E-state index in [1.165, 1.54) is 7.11 Å². The molecule has 0 saturated carbocycles. The second-order valence-corrected chi connectivity index (χ2v) is 4.68. The summed E-state index contributed by atoms with van der Waals surface area (Å²) in [5.41, 5.74) is 0.977. The van der Waals surface area contributed by atoms with Crippen molar-refractivity contribution in [2.75, 3.05) is 13.7 Å². The normalized spacial score (nSPS) is 12.2. The van der Waals surface area contributed by atoms with Gasteiger partial charge in [-0.1, -0.05) is 30.7 Å². The molecule has 1 unspecified atom stereocenters. The third kappa shape index (κ3) is 3.21. The van der Waals surface area contributed by atoms with Crippen molar-refractivity contribution in [3.05, 3.63) is 58.5 Å². The van der Waals surface area contributed by atoms with Gasteiger partial charge in [-0.15, -0.1) is 0 Å². The van der Waals surface area contributed by atoms with E-state index in [0.29, 0.717) is 10.8 Å². The Bertz CT molecular complexity index is 594. The molecule has 0 aliphatic carbocycles. The minimum atomic E-state index is -0.488. The monoisotopic (exact) mass is 293 g/mol. The number of furan rings is 1. The average molecular weight is 294 g/mol. The number of benzene rings is 1. The minimum Gasteiger partial charge on any atom is -0.463 e. The van der Waals surface area contributed by atoms with Crippen LogP contribution < -0.4 is 5.32 Å². The zero-order valence-electron chi connectivity index (χ0n) is 11.4. The molecule has 2 rings (SSSR count). The van der Waals surface area contributed by atoms with Crippen molar-refractivity contribution in [1.82, 2.24) is 5.32 Å². The molecule has 0 radical (unpaired) electrons. The average Bonchev–Trinajstić information content (AvgIpc) is 2.93. The highest BCUT2D eigenvalue weighted by Crippen LogP contribution is 2.26. The third-order valence-corrected chi connectivity index (χ3v) is 3.12. The summed E-state index contributed by atoms with van der Waals surface area (Å²) in [5, 5.41) is 3.97. The predicted molar refractivity (Wildman–Crippen MR) is 77.0 cm³/mol. The highest BCUT2D eigenvalue weighted by Gasteiger charge is 2.19. The van der Waals surface area contributed by atoms with Gasteiger partial charge in [0.25, 0.3) is 0 Å². The Morgan fingerprint density at radius 1 is 1.40 bits per heavy atom. The standard InChI is InChI=1S/C15H16ClNO3/c1-3-17-14(10-5-4-6-11(16)9-10)12-7-8-13(20-12)15(18)19-2/h4-9,14,17H,3H2,1-2H3. The van der Waals surface area contributed by atoms with Crippen molar-refractivity contribution in [1.29, 1.82) is 0 Å². The molecule has 5 heteroatoms. The molecular formula is C15H16ClNO3. The van der Waals surface area contributed by atoms with E-state index < -0.39 is 5.97 Å². The molecule has 0 bridgehead atoms. The van der Waals surface area contributed by atoms with Gasteiger partial charge in [0.1, 0.15) is 5.76 Å². The van der Waals surface area contributed by atoms with Gasteiger partial charge in [0.15, 0.2) is 0 Å². The van der Waals surface area contributed by atoms with Gasteiger partial charge in [-0.2, -0.15) is 0 Å². The van der Waals surface area contributed by atoms with Crippen molar-refractivity contribution < 1.29 is 13.9 Å². The summed E-state index contributed by atoms with van der Waals surface area (Å²) in [7, 11) is 1.32. The zero-order valence-corrected chi connectivity index (χ0v) is 12.1. The highest BCUT2D eigenvalue weighted by molar-refractivity contribution is 6.30. The van der Waals surface area contributed by atoms with E-state index in [4.69, 9.17) is 16.0 Å². The van der Waals surface area contributed by atoms with Crippen LogP contribution in [0, 0.1) is 0 Å². The van der Waals surface area contributed by atoms with E-state index in [1.54, 1.807) is 12.1 Å². The van der Waals surface area contributed by atoms with Gasteiger partial charge in [0, 0.05) is 5.02 Å². The summed E-state index contributed by atoms with van der Waals surface area (Å²) in [6.07, 6.45) is 0. The lowest BCUT2D eigenvalue weighted by atomic mass is 10.0. The molecule has 1 heterocycles. The van der Waals surface area contributed by atoms with Crippen LogP contribution in [-0.2, 0) is 4.74 Å². The highest BCUT2D eigenvalue weighted by atomic mass is 35.5. The Kier molecular flexibility index (Phi) is 4.82. The first kappa shape index (κ1) is 14.6. The van der Waals surface area contributed by atoms with Gasteiger partial charge in [-0.3, -0.25) is 0 Å². The molecular weight excluding hydrogens is 278 g/mol. The molecule has 0 spiro atoms. The number of nitrogens with one attached hydrogen (secondary N) is 1. The van der Waals surface area contributed by atoms with E-state index in [2.05, 4.69) is 10.1 Å². The molecule has 106 valence electrons. The first-order chi connectivity index (χ1) is 9.65. The fraction of sp³-hybridized carbons (Fsp3) is 0.267. The van der Waals surface area contributed by atoms with Gasteiger partial charge >= 0.3 is 5.97 Å². The smallest absolute Gasteiger partial charge is 0.373 e. The van der Waals surface area contributed by atoms with Crippen molar-refractivity contribution in [3.8, 4) is 0 Å². The van der Waals surface area contributed by atoms with Crippen LogP contribution >= 0.6 is 11.6 Å². The number of ether oxygens (including phenoxy) is 1. The van der Waals surface area contributed by atoms with Crippen LogP contribution in [0.5, 0.6) is 0 Å². The largest absolute Gasteiger partial charge is 0.463 e. The number of hydrogen-bond acceptors (Lipinski definition) is 4. The summed E-state index contributed by atoms with van der Waals surface area (Å²) in [5.74, 6) is 0.347. The Morgan fingerprint density at radius 3 is 2.85 bits per heavy atom. The second-order valence-electron chi connectivity index (χ2n) is 4.24. The number of carbonyl (C=O) groups excluding carboxylic acids is 1. The first-order valence-electron chi connectivity index (χ1n) is 6.32. The number of methoxy groups -OCH3 is 1. The predicted octanol–water partition coefficient (Wildman–Crippen LogP) is 3.42. The van der Waals surface area contributed by atoms with Crippen LogP contribution in [0.25, 0.3) is 0 Å². The molecule has 20 heavy (non-hydrogen) atoms. The molecule has 0 aliphatic rings. The lowest BCUT2D eigenvalue weighted by molar-refractivity contribution is 0.0562. The molecule has 0 aliphatic heterocycles. The third-order valence-electron chi connectivity index (χ3n) is 2.89. The quantitative estimate of drug-likeness (QED) is 0.858. The Morgan fingerprint density at radius 2 is 2.20 bits per heavy atom. The van der Waals surface area contributed by atoms with Crippen LogP contribution in [0.1, 0.15) is 34.8 Å². The van der Waals surface area contributed by atoms with E-state index in [9.17, 15) is 4.79 Å². The van der Waals surface area contributed by atoms with Gasteiger partial charge in [0.05, 0.1) is 13.2 Å². The summed E-state index contributed by atoms with van der Waals surface area (Å²) in [6, 6.07) is 10.7. The van der Waals surface area contributed by atoms with E-state index >= 15 is 0 Å². The number of rotatable bonds is 5. The molecule has 0 amide bonds. The minimum absolute atomic E-state index is 0.155. The number of halogens is 1.